The van der Waals surface area contributed by atoms with Gasteiger partial charge in [0.05, 0.1) is 46.4 Å². The third-order valence-electron chi connectivity index (χ3n) is 8.10. The number of morpholine rings is 1. The highest BCUT2D eigenvalue weighted by Gasteiger charge is 2.59. The maximum atomic E-state index is 13.6. The summed E-state index contributed by atoms with van der Waals surface area (Å²) >= 11 is 0. The van der Waals surface area contributed by atoms with Crippen molar-refractivity contribution >= 4 is 27.0 Å². The van der Waals surface area contributed by atoms with Crippen LogP contribution in [0.5, 0.6) is 0 Å². The third-order valence-corrected chi connectivity index (χ3v) is 10.6. The average Bonchev–Trinajstić information content (AvgIpc) is 3.19. The molecule has 0 aliphatic carbocycles. The molecule has 9 nitrogen and oxygen atoms in total. The summed E-state index contributed by atoms with van der Waals surface area (Å²) in [5, 5.41) is 4.82. The predicted octanol–water partition coefficient (Wildman–Crippen LogP) is 2.44. The zero-order chi connectivity index (χ0) is 26.9. The van der Waals surface area contributed by atoms with Crippen LogP contribution in [0.15, 0.2) is 24.3 Å². The van der Waals surface area contributed by atoms with Gasteiger partial charge >= 0.3 is 6.18 Å². The smallest absolute Gasteiger partial charge is 0.396 e. The van der Waals surface area contributed by atoms with E-state index in [2.05, 4.69) is 4.90 Å². The Bertz CT molecular complexity index is 1510. The van der Waals surface area contributed by atoms with Crippen LogP contribution in [-0.2, 0) is 33.7 Å². The lowest BCUT2D eigenvalue weighted by Crippen LogP contribution is -2.71. The molecule has 3 aliphatic rings. The van der Waals surface area contributed by atoms with Gasteiger partial charge in [0.1, 0.15) is 0 Å². The van der Waals surface area contributed by atoms with Crippen molar-refractivity contribution in [3.8, 4) is 0 Å². The second-order valence-corrected chi connectivity index (χ2v) is 13.0. The van der Waals surface area contributed by atoms with Crippen molar-refractivity contribution in [2.24, 2.45) is 0 Å². The van der Waals surface area contributed by atoms with Crippen molar-refractivity contribution in [3.63, 3.8) is 0 Å². The van der Waals surface area contributed by atoms with Crippen molar-refractivity contribution in [2.75, 3.05) is 55.8 Å². The van der Waals surface area contributed by atoms with Crippen molar-refractivity contribution in [2.45, 2.75) is 37.2 Å². The Morgan fingerprint density at radius 1 is 1.18 bits per heavy atom. The van der Waals surface area contributed by atoms with Crippen LogP contribution in [0.2, 0.25) is 0 Å². The maximum absolute atomic E-state index is 13.6. The second kappa shape index (κ2) is 8.82. The molecule has 0 bridgehead atoms. The van der Waals surface area contributed by atoms with Crippen LogP contribution in [0.1, 0.15) is 34.5 Å². The minimum absolute atomic E-state index is 0.154. The number of hydrogen-bond donors (Lipinski definition) is 1. The molecule has 0 amide bonds. The summed E-state index contributed by atoms with van der Waals surface area (Å²) in [7, 11) is -3.06. The Morgan fingerprint density at radius 2 is 1.92 bits per heavy atom. The first kappa shape index (κ1) is 25.4. The molecule has 0 saturated carbocycles. The number of likely N-dealkylation sites (tertiary alicyclic amines) is 1. The Kier molecular flexibility index (Phi) is 5.89. The molecule has 5 heterocycles. The van der Waals surface area contributed by atoms with E-state index in [0.717, 1.165) is 6.07 Å². The standard InChI is InChI=1S/C25H29F3N6O3S/c1-16-17(3-2-4-18(16)25(26,27)28)11-21-20(13-32-14-24(15-32)5-10-38(24,35)36)30-23-19(29)12-22(31-34(21)23)33-6-8-37-9-7-33/h2-4,12H,5-11,13-15,29H2,1H3. The van der Waals surface area contributed by atoms with Crippen LogP contribution >= 0.6 is 0 Å². The number of aromatic nitrogens is 3. The fourth-order valence-corrected chi connectivity index (χ4v) is 7.61. The number of nitrogens with two attached hydrogens (primary N) is 1. The van der Waals surface area contributed by atoms with E-state index in [0.29, 0.717) is 86.5 Å². The number of nitrogen functional groups attached to an aromatic ring is 1. The SMILES string of the molecule is Cc1c(Cc2c(CN3CC4(CCS4(=O)=O)C3)nc3c(N)cc(N4CCOCC4)nn23)cccc1C(F)(F)F. The van der Waals surface area contributed by atoms with Gasteiger partial charge in [-0.3, -0.25) is 4.90 Å². The number of rotatable bonds is 5. The zero-order valence-corrected chi connectivity index (χ0v) is 21.8. The molecule has 3 aromatic rings. The molecule has 6 rings (SSSR count). The van der Waals surface area contributed by atoms with Crippen molar-refractivity contribution in [3.05, 3.63) is 52.3 Å². The molecule has 3 aliphatic heterocycles. The Hall–Kier alpha value is -2.90. The lowest BCUT2D eigenvalue weighted by atomic mass is 9.94. The van der Waals surface area contributed by atoms with Gasteiger partial charge in [-0.1, -0.05) is 12.1 Å². The molecule has 0 atom stereocenters. The zero-order valence-electron chi connectivity index (χ0n) is 21.0. The molecule has 3 fully saturated rings. The van der Waals surface area contributed by atoms with Crippen LogP contribution in [0, 0.1) is 6.92 Å². The summed E-state index contributed by atoms with van der Waals surface area (Å²) in [5.41, 5.74) is 8.53. The topological polar surface area (TPSA) is 106 Å². The van der Waals surface area contributed by atoms with E-state index < -0.39 is 26.3 Å². The number of nitrogens with zero attached hydrogens (tertiary/aromatic N) is 5. The number of imidazole rings is 1. The Balaban J connectivity index is 1.40. The molecule has 13 heteroatoms. The first-order chi connectivity index (χ1) is 18.0. The maximum Gasteiger partial charge on any atom is 0.416 e. The van der Waals surface area contributed by atoms with Gasteiger partial charge in [-0.15, -0.1) is 5.10 Å². The van der Waals surface area contributed by atoms with E-state index in [-0.39, 0.29) is 17.7 Å². The summed E-state index contributed by atoms with van der Waals surface area (Å²) < 4.78 is 71.9. The first-order valence-corrected chi connectivity index (χ1v) is 14.2. The number of benzene rings is 1. The van der Waals surface area contributed by atoms with E-state index in [1.54, 1.807) is 16.6 Å². The van der Waals surface area contributed by atoms with E-state index in [1.165, 1.54) is 13.0 Å². The average molecular weight is 551 g/mol. The van der Waals surface area contributed by atoms with Gasteiger partial charge in [0.15, 0.2) is 21.3 Å². The molecule has 1 spiro atoms. The first-order valence-electron chi connectivity index (χ1n) is 12.6. The molecular formula is C25H29F3N6O3S. The van der Waals surface area contributed by atoms with Gasteiger partial charge < -0.3 is 15.4 Å². The fourth-order valence-electron chi connectivity index (χ4n) is 5.74. The van der Waals surface area contributed by atoms with Crippen LogP contribution in [0.25, 0.3) is 5.65 Å². The molecule has 204 valence electrons. The summed E-state index contributed by atoms with van der Waals surface area (Å²) in [6.07, 6.45) is -3.64. The number of hydrogen-bond acceptors (Lipinski definition) is 8. The quantitative estimate of drug-likeness (QED) is 0.517. The van der Waals surface area contributed by atoms with Crippen LogP contribution in [0.3, 0.4) is 0 Å². The number of halogens is 3. The highest BCUT2D eigenvalue weighted by atomic mass is 32.2. The number of fused-ring (bicyclic) bond motifs is 1. The number of ether oxygens (including phenoxy) is 1. The van der Waals surface area contributed by atoms with Gasteiger partial charge in [-0.25, -0.2) is 17.9 Å². The minimum atomic E-state index is -4.46. The highest BCUT2D eigenvalue weighted by Crippen LogP contribution is 2.43. The normalized spacial score (nSPS) is 21.0. The molecule has 0 unspecified atom stereocenters. The molecule has 2 N–H and O–H groups in total. The predicted molar refractivity (Wildman–Crippen MR) is 136 cm³/mol. The van der Waals surface area contributed by atoms with E-state index in [9.17, 15) is 21.6 Å². The molecular weight excluding hydrogens is 521 g/mol. The van der Waals surface area contributed by atoms with E-state index >= 15 is 0 Å². The largest absolute Gasteiger partial charge is 0.416 e. The minimum Gasteiger partial charge on any atom is -0.396 e. The highest BCUT2D eigenvalue weighted by molar-refractivity contribution is 7.94. The number of alkyl halides is 3. The van der Waals surface area contributed by atoms with Crippen molar-refractivity contribution in [1.29, 1.82) is 0 Å². The number of anilines is 2. The molecule has 2 aromatic heterocycles. The van der Waals surface area contributed by atoms with Gasteiger partial charge in [0.2, 0.25) is 0 Å². The monoisotopic (exact) mass is 550 g/mol. The van der Waals surface area contributed by atoms with Gasteiger partial charge in [0.25, 0.3) is 0 Å². The van der Waals surface area contributed by atoms with Crippen LogP contribution in [-0.4, -0.2) is 77.8 Å². The van der Waals surface area contributed by atoms with Gasteiger partial charge in [-0.2, -0.15) is 13.2 Å². The molecule has 0 radical (unpaired) electrons. The summed E-state index contributed by atoms with van der Waals surface area (Å²) in [4.78, 5) is 8.83. The Morgan fingerprint density at radius 3 is 2.55 bits per heavy atom. The van der Waals surface area contributed by atoms with Gasteiger partial charge in [0, 0.05) is 45.2 Å². The van der Waals surface area contributed by atoms with E-state index in [4.69, 9.17) is 20.6 Å². The third kappa shape index (κ3) is 4.11. The molecule has 38 heavy (non-hydrogen) atoms. The lowest BCUT2D eigenvalue weighted by molar-refractivity contribution is -0.138. The van der Waals surface area contributed by atoms with Crippen LogP contribution < -0.4 is 10.6 Å². The Labute approximate surface area is 218 Å². The van der Waals surface area contributed by atoms with Crippen molar-refractivity contribution < 1.29 is 26.3 Å². The van der Waals surface area contributed by atoms with Crippen molar-refractivity contribution in [1.82, 2.24) is 19.5 Å². The second-order valence-electron chi connectivity index (χ2n) is 10.5. The van der Waals surface area contributed by atoms with E-state index in [1.807, 2.05) is 4.90 Å². The molecule has 1 aromatic carbocycles. The number of sulfone groups is 1. The van der Waals surface area contributed by atoms with Crippen LogP contribution in [0.4, 0.5) is 24.7 Å². The summed E-state index contributed by atoms with van der Waals surface area (Å²) in [6.45, 7) is 5.09. The molecule has 3 saturated heterocycles. The summed E-state index contributed by atoms with van der Waals surface area (Å²) in [5.74, 6) is 0.868. The summed E-state index contributed by atoms with van der Waals surface area (Å²) in [6, 6.07) is 5.94. The van der Waals surface area contributed by atoms with Gasteiger partial charge in [-0.05, 0) is 30.5 Å². The fraction of sp³-hybridized carbons (Fsp3) is 0.520. The lowest BCUT2D eigenvalue weighted by Gasteiger charge is -2.54.